The highest BCUT2D eigenvalue weighted by molar-refractivity contribution is 5.76. The monoisotopic (exact) mass is 498 g/mol. The third-order valence-corrected chi connectivity index (χ3v) is 1.59. The molecule has 0 rings (SSSR count). The van der Waals surface area contributed by atoms with Gasteiger partial charge in [0.1, 0.15) is 0 Å². The van der Waals surface area contributed by atoms with Gasteiger partial charge in [-0.05, 0) is 0 Å². The molecule has 0 aromatic carbocycles. The first-order valence-corrected chi connectivity index (χ1v) is 8.05. The van der Waals surface area contributed by atoms with Crippen molar-refractivity contribution in [1.29, 1.82) is 0 Å². The third-order valence-electron chi connectivity index (χ3n) is 1.59. The molecule has 18 heteroatoms. The lowest BCUT2D eigenvalue weighted by Gasteiger charge is -1.87. The molecule has 0 spiro atoms. The highest BCUT2D eigenvalue weighted by Gasteiger charge is 1.84. The summed E-state index contributed by atoms with van der Waals surface area (Å²) in [5, 5.41) is 7.25. The Labute approximate surface area is 214 Å². The van der Waals surface area contributed by atoms with Gasteiger partial charge in [-0.1, -0.05) is 6.92 Å². The van der Waals surface area contributed by atoms with Crippen molar-refractivity contribution in [1.82, 2.24) is 16.0 Å². The molecule has 194 valence electrons. The van der Waals surface area contributed by atoms with Crippen LogP contribution in [0.3, 0.4) is 0 Å². The molecule has 0 aromatic heterocycles. The Morgan fingerprint density at radius 2 is 0.829 bits per heavy atom. The van der Waals surface area contributed by atoms with E-state index < -0.39 is 0 Å². The Morgan fingerprint density at radius 1 is 0.686 bits per heavy atom. The van der Waals surface area contributed by atoms with E-state index in [4.69, 9.17) is 19.2 Å². The Morgan fingerprint density at radius 3 is 0.829 bits per heavy atom. The quantitative estimate of drug-likeness (QED) is 0.208. The zero-order valence-corrected chi connectivity index (χ0v) is 21.7. The van der Waals surface area contributed by atoms with Crippen LogP contribution in [0.1, 0.15) is 41.0 Å². The number of hydrogen-bond donors (Lipinski definition) is 4. The fourth-order valence-corrected chi connectivity index (χ4v) is 0.177. The van der Waals surface area contributed by atoms with Crippen LogP contribution in [0.15, 0.2) is 0 Å². The number of primary amides is 1. The van der Waals surface area contributed by atoms with Gasteiger partial charge in [0, 0.05) is 88.9 Å². The van der Waals surface area contributed by atoms with E-state index in [0.717, 1.165) is 0 Å². The van der Waals surface area contributed by atoms with Crippen LogP contribution in [-0.4, -0.2) is 104 Å². The van der Waals surface area contributed by atoms with Crippen LogP contribution in [0.5, 0.6) is 0 Å². The maximum Gasteiger partial charge on any atom is 0.373 e. The SMILES string of the molecule is CC(N)=O.CCC(=O)NC.CNC(C)=O.CNC(C)=O.COC(C)=O.O=C=O.O=C=O.[B].[B].[B].[B]. The van der Waals surface area contributed by atoms with Crippen LogP contribution in [0, 0.1) is 0 Å². The predicted octanol–water partition coefficient (Wildman–Crippen LogP) is -3.37. The van der Waals surface area contributed by atoms with Crippen molar-refractivity contribution < 1.29 is 47.9 Å². The van der Waals surface area contributed by atoms with Crippen LogP contribution < -0.4 is 21.7 Å². The molecule has 35 heavy (non-hydrogen) atoms. The van der Waals surface area contributed by atoms with Gasteiger partial charge in [-0.25, -0.2) is 0 Å². The topological polar surface area (TPSA) is 225 Å². The molecule has 14 nitrogen and oxygen atoms in total. The average Bonchev–Trinajstić information content (AvgIpc) is 2.69. The number of nitrogens with one attached hydrogen (secondary N) is 3. The first-order valence-electron chi connectivity index (χ1n) is 8.05. The minimum atomic E-state index is -0.333. The molecule has 12 radical (unpaired) electrons. The fraction of sp³-hybridized carbons (Fsp3) is 0.588. The lowest BCUT2D eigenvalue weighted by Crippen LogP contribution is -2.15. The molecular weight excluding hydrogens is 463 g/mol. The minimum absolute atomic E-state index is 0. The molecule has 0 aliphatic carbocycles. The molecule has 0 aromatic rings. The van der Waals surface area contributed by atoms with Crippen LogP contribution in [0.25, 0.3) is 0 Å². The Kier molecular flexibility index (Phi) is 155. The van der Waals surface area contributed by atoms with Crippen LogP contribution in [0.2, 0.25) is 0 Å². The van der Waals surface area contributed by atoms with E-state index in [2.05, 4.69) is 26.4 Å². The number of rotatable bonds is 1. The van der Waals surface area contributed by atoms with Gasteiger partial charge in [-0.15, -0.1) is 0 Å². The Balaban J connectivity index is -0.0000000212. The maximum atomic E-state index is 10.1. The lowest BCUT2D eigenvalue weighted by molar-refractivity contribution is -0.193. The van der Waals surface area contributed by atoms with Crippen molar-refractivity contribution in [2.75, 3.05) is 28.3 Å². The molecule has 0 fully saturated rings. The second kappa shape index (κ2) is 77.6. The van der Waals surface area contributed by atoms with E-state index >= 15 is 0 Å². The number of carbonyl (C=O) groups is 5. The van der Waals surface area contributed by atoms with Crippen molar-refractivity contribution in [2.45, 2.75) is 41.0 Å². The second-order valence-corrected chi connectivity index (χ2v) is 4.11. The van der Waals surface area contributed by atoms with Gasteiger partial charge < -0.3 is 26.4 Å². The van der Waals surface area contributed by atoms with Gasteiger partial charge in [0.25, 0.3) is 0 Å². The van der Waals surface area contributed by atoms with Crippen LogP contribution in [-0.2, 0) is 47.9 Å². The number of methoxy groups -OCH3 is 1. The standard InChI is InChI=1S/C4H9NO.2C3H7NO.C3H6O2.C2H5NO.2CO2.4B/c1-3-4(6)5-2;2*1-3(5)4-2;1-3(4)5-2;1-2(3)4;2*2-1-3;;;;/h3H2,1-2H3,(H,5,6);2*1-2H3,(H,4,5);1-2H3;1H3,(H2,3,4);;;;;;. The zero-order chi connectivity index (χ0) is 26.8. The van der Waals surface area contributed by atoms with E-state index in [1.54, 1.807) is 21.1 Å². The summed E-state index contributed by atoms with van der Waals surface area (Å²) in [7, 11) is 6.18. The van der Waals surface area contributed by atoms with Gasteiger partial charge in [-0.3, -0.25) is 24.0 Å². The van der Waals surface area contributed by atoms with Crippen molar-refractivity contribution >= 4 is 75.6 Å². The first kappa shape index (κ1) is 69.7. The van der Waals surface area contributed by atoms with Crippen molar-refractivity contribution in [3.05, 3.63) is 0 Å². The molecule has 0 saturated carbocycles. The predicted molar refractivity (Wildman–Crippen MR) is 129 cm³/mol. The zero-order valence-electron chi connectivity index (χ0n) is 21.7. The molecule has 0 unspecified atom stereocenters. The summed E-state index contributed by atoms with van der Waals surface area (Å²) in [6.45, 7) is 7.43. The van der Waals surface area contributed by atoms with E-state index in [1.165, 1.54) is 34.8 Å². The third kappa shape index (κ3) is 602. The Bertz CT molecular complexity index is 488. The number of nitrogens with two attached hydrogens (primary N) is 1. The van der Waals surface area contributed by atoms with Gasteiger partial charge in [0.05, 0.1) is 7.11 Å². The number of esters is 1. The summed E-state index contributed by atoms with van der Waals surface area (Å²) in [5.74, 6) is -0.477. The summed E-state index contributed by atoms with van der Waals surface area (Å²) in [6, 6.07) is 0. The van der Waals surface area contributed by atoms with Gasteiger partial charge >= 0.3 is 18.3 Å². The van der Waals surface area contributed by atoms with E-state index in [9.17, 15) is 24.0 Å². The fourth-order valence-electron chi connectivity index (χ4n) is 0.177. The van der Waals surface area contributed by atoms with Crippen LogP contribution in [0.4, 0.5) is 0 Å². The molecule has 0 heterocycles. The molecule has 0 saturated heterocycles. The molecular formula is C17H34B4N4O10. The van der Waals surface area contributed by atoms with Crippen molar-refractivity contribution in [3.63, 3.8) is 0 Å². The first-order chi connectivity index (χ1) is 14.2. The Hall–Kier alpha value is -3.63. The molecule has 5 N–H and O–H groups in total. The molecule has 0 aliphatic rings. The number of carbonyl (C=O) groups excluding carboxylic acids is 9. The van der Waals surface area contributed by atoms with Crippen LogP contribution >= 0.6 is 0 Å². The van der Waals surface area contributed by atoms with E-state index in [-0.39, 0.29) is 75.6 Å². The summed E-state index contributed by atoms with van der Waals surface area (Å²) < 4.78 is 4.11. The molecule has 4 amide bonds. The number of ether oxygens (including phenoxy) is 1. The summed E-state index contributed by atoms with van der Waals surface area (Å²) in [5.41, 5.74) is 4.47. The number of amides is 4. The van der Waals surface area contributed by atoms with Gasteiger partial charge in [0.15, 0.2) is 0 Å². The summed E-state index contributed by atoms with van der Waals surface area (Å²) >= 11 is 0. The van der Waals surface area contributed by atoms with Crippen molar-refractivity contribution in [2.24, 2.45) is 5.73 Å². The highest BCUT2D eigenvalue weighted by atomic mass is 16.5. The van der Waals surface area contributed by atoms with Gasteiger partial charge in [-0.2, -0.15) is 19.2 Å². The van der Waals surface area contributed by atoms with Crippen molar-refractivity contribution in [3.8, 4) is 0 Å². The van der Waals surface area contributed by atoms with E-state index in [1.807, 2.05) is 6.92 Å². The summed E-state index contributed by atoms with van der Waals surface area (Å²) in [4.78, 5) is 80.8. The molecule has 0 atom stereocenters. The maximum absolute atomic E-state index is 10.1. The van der Waals surface area contributed by atoms with Gasteiger partial charge in [0.2, 0.25) is 23.6 Å². The van der Waals surface area contributed by atoms with E-state index in [0.29, 0.717) is 6.42 Å². The summed E-state index contributed by atoms with van der Waals surface area (Å²) in [6.07, 6.45) is 1.08. The highest BCUT2D eigenvalue weighted by Crippen LogP contribution is 1.68. The largest absolute Gasteiger partial charge is 0.469 e. The molecule has 0 bridgehead atoms. The molecule has 0 aliphatic heterocycles. The lowest BCUT2D eigenvalue weighted by atomic mass is 10.5. The smallest absolute Gasteiger partial charge is 0.373 e. The number of hydrogen-bond acceptors (Lipinski definition) is 10. The normalized spacial score (nSPS) is 5.40. The average molecular weight is 498 g/mol. The minimum Gasteiger partial charge on any atom is -0.469 e. The second-order valence-electron chi connectivity index (χ2n) is 4.11.